The molecule has 0 unspecified atom stereocenters. The lowest BCUT2D eigenvalue weighted by Crippen LogP contribution is -2.31. The van der Waals surface area contributed by atoms with Crippen LogP contribution in [0.5, 0.6) is 0 Å². The van der Waals surface area contributed by atoms with Gasteiger partial charge in [-0.1, -0.05) is 42.5 Å². The van der Waals surface area contributed by atoms with Gasteiger partial charge in [-0.15, -0.1) is 0 Å². The van der Waals surface area contributed by atoms with Crippen molar-refractivity contribution in [2.24, 2.45) is 0 Å². The summed E-state index contributed by atoms with van der Waals surface area (Å²) in [6.07, 6.45) is 3.66. The summed E-state index contributed by atoms with van der Waals surface area (Å²) in [5, 5.41) is 6.95. The standard InChI is InChI=1S/C26H21N5O3/c32-24(29-21-8-4-7-19(13-21)15-30-17-27-16-28-30)20-9-10-22-23(14-20)26(34)31(25(22)33)12-11-18-5-2-1-3-6-18/h1-10,13-14,16-17H,11-12,15H2,(H,29,32). The molecule has 0 bridgehead atoms. The third-order valence-electron chi connectivity index (χ3n) is 5.70. The number of hydrogen-bond donors (Lipinski definition) is 1. The van der Waals surface area contributed by atoms with Gasteiger partial charge in [0.05, 0.1) is 17.7 Å². The molecule has 0 radical (unpaired) electrons. The zero-order chi connectivity index (χ0) is 23.5. The largest absolute Gasteiger partial charge is 0.322 e. The van der Waals surface area contributed by atoms with Gasteiger partial charge in [0.2, 0.25) is 0 Å². The minimum Gasteiger partial charge on any atom is -0.322 e. The molecular formula is C26H21N5O3. The molecule has 0 fully saturated rings. The highest BCUT2D eigenvalue weighted by atomic mass is 16.2. The van der Waals surface area contributed by atoms with Gasteiger partial charge in [-0.3, -0.25) is 19.3 Å². The highest BCUT2D eigenvalue weighted by Gasteiger charge is 2.35. The molecule has 0 saturated heterocycles. The van der Waals surface area contributed by atoms with E-state index in [0.29, 0.717) is 29.8 Å². The molecule has 3 amide bonds. The molecule has 3 aromatic carbocycles. The highest BCUT2D eigenvalue weighted by Crippen LogP contribution is 2.25. The number of nitrogens with one attached hydrogen (secondary N) is 1. The van der Waals surface area contributed by atoms with Crippen molar-refractivity contribution in [3.05, 3.63) is 113 Å². The lowest BCUT2D eigenvalue weighted by molar-refractivity contribution is 0.0656. The van der Waals surface area contributed by atoms with Crippen LogP contribution in [0.1, 0.15) is 42.2 Å². The van der Waals surface area contributed by atoms with Gasteiger partial charge < -0.3 is 5.32 Å². The smallest absolute Gasteiger partial charge is 0.261 e. The number of rotatable bonds is 7. The van der Waals surface area contributed by atoms with Crippen LogP contribution < -0.4 is 5.32 Å². The molecule has 5 rings (SSSR count). The lowest BCUT2D eigenvalue weighted by Gasteiger charge is -2.13. The predicted octanol–water partition coefficient (Wildman–Crippen LogP) is 3.42. The molecule has 2 heterocycles. The summed E-state index contributed by atoms with van der Waals surface area (Å²) < 4.78 is 1.69. The molecule has 1 aromatic heterocycles. The lowest BCUT2D eigenvalue weighted by atomic mass is 10.1. The van der Waals surface area contributed by atoms with Gasteiger partial charge in [0.25, 0.3) is 17.7 Å². The Labute approximate surface area is 195 Å². The van der Waals surface area contributed by atoms with E-state index in [2.05, 4.69) is 15.4 Å². The molecule has 0 spiro atoms. The normalized spacial score (nSPS) is 12.6. The number of benzene rings is 3. The minimum atomic E-state index is -0.375. The predicted molar refractivity (Wildman–Crippen MR) is 125 cm³/mol. The molecular weight excluding hydrogens is 430 g/mol. The van der Waals surface area contributed by atoms with Crippen molar-refractivity contribution in [3.8, 4) is 0 Å². The first-order valence-electron chi connectivity index (χ1n) is 10.9. The Morgan fingerprint density at radius 2 is 1.65 bits per heavy atom. The molecule has 8 nitrogen and oxygen atoms in total. The summed E-state index contributed by atoms with van der Waals surface area (Å²) >= 11 is 0. The molecule has 0 atom stereocenters. The van der Waals surface area contributed by atoms with E-state index >= 15 is 0 Å². The van der Waals surface area contributed by atoms with Crippen LogP contribution in [0.4, 0.5) is 5.69 Å². The number of fused-ring (bicyclic) bond motifs is 1. The Morgan fingerprint density at radius 3 is 2.44 bits per heavy atom. The van der Waals surface area contributed by atoms with Gasteiger partial charge >= 0.3 is 0 Å². The highest BCUT2D eigenvalue weighted by molar-refractivity contribution is 6.22. The zero-order valence-electron chi connectivity index (χ0n) is 18.2. The number of nitrogens with zero attached hydrogens (tertiary/aromatic N) is 4. The molecule has 8 heteroatoms. The zero-order valence-corrected chi connectivity index (χ0v) is 18.2. The van der Waals surface area contributed by atoms with Crippen molar-refractivity contribution in [1.29, 1.82) is 0 Å². The van der Waals surface area contributed by atoms with Crippen LogP contribution in [-0.4, -0.2) is 43.9 Å². The van der Waals surface area contributed by atoms with Gasteiger partial charge in [0, 0.05) is 17.8 Å². The third-order valence-corrected chi connectivity index (χ3v) is 5.70. The van der Waals surface area contributed by atoms with E-state index in [1.807, 2.05) is 48.5 Å². The van der Waals surface area contributed by atoms with Gasteiger partial charge in [-0.25, -0.2) is 9.67 Å². The van der Waals surface area contributed by atoms with Crippen LogP contribution in [0.15, 0.2) is 85.5 Å². The van der Waals surface area contributed by atoms with E-state index in [1.54, 1.807) is 29.2 Å². The van der Waals surface area contributed by atoms with Crippen LogP contribution in [0.25, 0.3) is 0 Å². The van der Waals surface area contributed by atoms with E-state index in [-0.39, 0.29) is 29.8 Å². The van der Waals surface area contributed by atoms with E-state index in [1.165, 1.54) is 17.3 Å². The van der Waals surface area contributed by atoms with Gasteiger partial charge in [0.1, 0.15) is 12.7 Å². The number of anilines is 1. The topological polar surface area (TPSA) is 97.2 Å². The van der Waals surface area contributed by atoms with Crippen molar-refractivity contribution in [2.45, 2.75) is 13.0 Å². The van der Waals surface area contributed by atoms with Crippen LogP contribution in [0.3, 0.4) is 0 Å². The third kappa shape index (κ3) is 4.33. The second-order valence-corrected chi connectivity index (χ2v) is 8.01. The second kappa shape index (κ2) is 9.11. The van der Waals surface area contributed by atoms with Crippen LogP contribution in [0.2, 0.25) is 0 Å². The summed E-state index contributed by atoms with van der Waals surface area (Å²) in [6, 6.07) is 21.7. The summed E-state index contributed by atoms with van der Waals surface area (Å²) in [4.78, 5) is 43.7. The van der Waals surface area contributed by atoms with Gasteiger partial charge in [-0.2, -0.15) is 5.10 Å². The fraction of sp³-hybridized carbons (Fsp3) is 0.115. The maximum Gasteiger partial charge on any atom is 0.261 e. The first kappa shape index (κ1) is 21.3. The average molecular weight is 451 g/mol. The minimum absolute atomic E-state index is 0.255. The molecule has 0 saturated carbocycles. The Bertz CT molecular complexity index is 1370. The van der Waals surface area contributed by atoms with Gasteiger partial charge in [-0.05, 0) is 47.9 Å². The fourth-order valence-electron chi connectivity index (χ4n) is 3.97. The fourth-order valence-corrected chi connectivity index (χ4v) is 3.97. The quantitative estimate of drug-likeness (QED) is 0.434. The molecule has 1 aliphatic rings. The number of imide groups is 1. The van der Waals surface area contributed by atoms with Crippen LogP contribution in [-0.2, 0) is 13.0 Å². The molecule has 1 N–H and O–H groups in total. The number of carbonyl (C=O) groups is 3. The number of hydrogen-bond acceptors (Lipinski definition) is 5. The van der Waals surface area contributed by atoms with E-state index in [0.717, 1.165) is 11.1 Å². The summed E-state index contributed by atoms with van der Waals surface area (Å²) in [7, 11) is 0. The van der Waals surface area contributed by atoms with Crippen molar-refractivity contribution in [2.75, 3.05) is 11.9 Å². The Kier molecular flexibility index (Phi) is 5.70. The van der Waals surface area contributed by atoms with E-state index in [4.69, 9.17) is 0 Å². The number of amides is 3. The van der Waals surface area contributed by atoms with Crippen molar-refractivity contribution >= 4 is 23.4 Å². The summed E-state index contributed by atoms with van der Waals surface area (Å²) in [5.41, 5.74) is 3.51. The van der Waals surface area contributed by atoms with Crippen LogP contribution >= 0.6 is 0 Å². The monoisotopic (exact) mass is 451 g/mol. The Morgan fingerprint density at radius 1 is 0.853 bits per heavy atom. The summed E-state index contributed by atoms with van der Waals surface area (Å²) in [5.74, 6) is -1.06. The number of aromatic nitrogens is 3. The van der Waals surface area contributed by atoms with Gasteiger partial charge in [0.15, 0.2) is 0 Å². The molecule has 0 aliphatic carbocycles. The molecule has 168 valence electrons. The SMILES string of the molecule is O=C(Nc1cccc(Cn2cncn2)c1)c1ccc2c(c1)C(=O)N(CCc1ccccc1)C2=O. The van der Waals surface area contributed by atoms with E-state index < -0.39 is 0 Å². The first-order chi connectivity index (χ1) is 16.6. The van der Waals surface area contributed by atoms with Crippen LogP contribution in [0, 0.1) is 0 Å². The average Bonchev–Trinajstić information content (AvgIpc) is 3.45. The Balaban J connectivity index is 1.29. The molecule has 1 aliphatic heterocycles. The maximum absolute atomic E-state index is 12.9. The number of carbonyl (C=O) groups excluding carboxylic acids is 3. The Hall–Kier alpha value is -4.59. The molecule has 34 heavy (non-hydrogen) atoms. The van der Waals surface area contributed by atoms with Crippen molar-refractivity contribution in [1.82, 2.24) is 19.7 Å². The second-order valence-electron chi connectivity index (χ2n) is 8.01. The maximum atomic E-state index is 12.9. The first-order valence-corrected chi connectivity index (χ1v) is 10.9. The summed E-state index contributed by atoms with van der Waals surface area (Å²) in [6.45, 7) is 0.814. The van der Waals surface area contributed by atoms with Crippen molar-refractivity contribution in [3.63, 3.8) is 0 Å². The molecule has 4 aromatic rings. The van der Waals surface area contributed by atoms with Crippen molar-refractivity contribution < 1.29 is 14.4 Å². The van der Waals surface area contributed by atoms with E-state index in [9.17, 15) is 14.4 Å².